The zero-order valence-corrected chi connectivity index (χ0v) is 8.18. The molecule has 0 saturated heterocycles. The molecule has 3 rings (SSSR count). The summed E-state index contributed by atoms with van der Waals surface area (Å²) in [5.41, 5.74) is 0.967. The average molecular weight is 164 g/mol. The van der Waals surface area contributed by atoms with Gasteiger partial charge in [0.2, 0.25) is 0 Å². The SMILES string of the molecule is CC1CC1CCCC1CC12CC2. The standard InChI is InChI=1S/C12H20/c1-9-7-10(9)3-2-4-11-8-12(11)5-6-12/h9-11H,2-8H2,1H3. The fourth-order valence-electron chi connectivity index (χ4n) is 3.04. The first-order chi connectivity index (χ1) is 5.80. The Hall–Kier alpha value is 0. The molecule has 1 spiro atoms. The molecule has 0 aromatic carbocycles. The van der Waals surface area contributed by atoms with Gasteiger partial charge in [0.25, 0.3) is 0 Å². The topological polar surface area (TPSA) is 0 Å². The Balaban J connectivity index is 1.32. The predicted molar refractivity (Wildman–Crippen MR) is 50.9 cm³/mol. The van der Waals surface area contributed by atoms with Crippen LogP contribution in [0, 0.1) is 23.2 Å². The van der Waals surface area contributed by atoms with Crippen molar-refractivity contribution >= 4 is 0 Å². The van der Waals surface area contributed by atoms with Gasteiger partial charge in [-0.1, -0.05) is 19.8 Å². The van der Waals surface area contributed by atoms with Crippen molar-refractivity contribution in [3.63, 3.8) is 0 Å². The minimum Gasteiger partial charge on any atom is -0.0622 e. The minimum absolute atomic E-state index is 0.967. The summed E-state index contributed by atoms with van der Waals surface area (Å²) in [7, 11) is 0. The average Bonchev–Trinajstić information content (AvgIpc) is 2.89. The summed E-state index contributed by atoms with van der Waals surface area (Å²) in [6.07, 6.45) is 11.0. The van der Waals surface area contributed by atoms with Crippen LogP contribution in [0.4, 0.5) is 0 Å². The smallest absolute Gasteiger partial charge is 0.0266 e. The van der Waals surface area contributed by atoms with E-state index >= 15 is 0 Å². The molecular weight excluding hydrogens is 144 g/mol. The second-order valence-electron chi connectivity index (χ2n) is 5.67. The first-order valence-electron chi connectivity index (χ1n) is 5.80. The van der Waals surface area contributed by atoms with Gasteiger partial charge in [-0.15, -0.1) is 0 Å². The first-order valence-corrected chi connectivity index (χ1v) is 5.80. The van der Waals surface area contributed by atoms with Crippen LogP contribution in [0.2, 0.25) is 0 Å². The van der Waals surface area contributed by atoms with Crippen molar-refractivity contribution in [2.75, 3.05) is 0 Å². The van der Waals surface area contributed by atoms with E-state index in [-0.39, 0.29) is 0 Å². The third-order valence-electron chi connectivity index (χ3n) is 4.65. The molecule has 0 heterocycles. The van der Waals surface area contributed by atoms with E-state index in [9.17, 15) is 0 Å². The Labute approximate surface area is 75.7 Å². The van der Waals surface area contributed by atoms with E-state index < -0.39 is 0 Å². The van der Waals surface area contributed by atoms with Gasteiger partial charge in [-0.05, 0) is 55.3 Å². The second-order valence-corrected chi connectivity index (χ2v) is 5.67. The lowest BCUT2D eigenvalue weighted by atomic mass is 10.1. The summed E-state index contributed by atoms with van der Waals surface area (Å²) in [6, 6.07) is 0. The fourth-order valence-corrected chi connectivity index (χ4v) is 3.04. The van der Waals surface area contributed by atoms with Crippen molar-refractivity contribution in [2.24, 2.45) is 23.2 Å². The van der Waals surface area contributed by atoms with Crippen molar-refractivity contribution in [1.82, 2.24) is 0 Å². The van der Waals surface area contributed by atoms with E-state index in [4.69, 9.17) is 0 Å². The van der Waals surface area contributed by atoms with E-state index in [1.807, 2.05) is 0 Å². The van der Waals surface area contributed by atoms with Gasteiger partial charge >= 0.3 is 0 Å². The normalized spacial score (nSPS) is 46.2. The summed E-state index contributed by atoms with van der Waals surface area (Å²) in [6.45, 7) is 2.41. The van der Waals surface area contributed by atoms with Gasteiger partial charge in [0.1, 0.15) is 0 Å². The fraction of sp³-hybridized carbons (Fsp3) is 1.00. The summed E-state index contributed by atoms with van der Waals surface area (Å²) >= 11 is 0. The highest BCUT2D eigenvalue weighted by atomic mass is 14.7. The van der Waals surface area contributed by atoms with Gasteiger partial charge in [0.15, 0.2) is 0 Å². The molecule has 3 aliphatic carbocycles. The zero-order chi connectivity index (χ0) is 8.18. The Morgan fingerprint density at radius 1 is 1.25 bits per heavy atom. The van der Waals surface area contributed by atoms with Crippen molar-refractivity contribution in [2.45, 2.75) is 51.9 Å². The van der Waals surface area contributed by atoms with Crippen molar-refractivity contribution < 1.29 is 0 Å². The van der Waals surface area contributed by atoms with E-state index in [2.05, 4.69) is 6.92 Å². The predicted octanol–water partition coefficient (Wildman–Crippen LogP) is 3.61. The molecule has 0 nitrogen and oxygen atoms in total. The molecule has 0 radical (unpaired) electrons. The van der Waals surface area contributed by atoms with Crippen molar-refractivity contribution in [3.05, 3.63) is 0 Å². The van der Waals surface area contributed by atoms with Crippen LogP contribution in [-0.2, 0) is 0 Å². The summed E-state index contributed by atoms with van der Waals surface area (Å²) in [5.74, 6) is 3.41. The lowest BCUT2D eigenvalue weighted by Gasteiger charge is -1.97. The van der Waals surface area contributed by atoms with Crippen LogP contribution in [0.5, 0.6) is 0 Å². The van der Waals surface area contributed by atoms with Crippen LogP contribution in [0.25, 0.3) is 0 Å². The maximum absolute atomic E-state index is 2.41. The Bertz CT molecular complexity index is 190. The van der Waals surface area contributed by atoms with Gasteiger partial charge in [-0.25, -0.2) is 0 Å². The van der Waals surface area contributed by atoms with E-state index in [1.54, 1.807) is 38.5 Å². The van der Waals surface area contributed by atoms with Gasteiger partial charge in [0.05, 0.1) is 0 Å². The highest BCUT2D eigenvalue weighted by Gasteiger charge is 2.61. The molecule has 0 N–H and O–H groups in total. The minimum atomic E-state index is 0.967. The molecule has 3 fully saturated rings. The van der Waals surface area contributed by atoms with Gasteiger partial charge in [0, 0.05) is 0 Å². The van der Waals surface area contributed by atoms with E-state index in [0.717, 1.165) is 17.3 Å². The van der Waals surface area contributed by atoms with E-state index in [0.29, 0.717) is 0 Å². The first kappa shape index (κ1) is 7.41. The lowest BCUT2D eigenvalue weighted by Crippen LogP contribution is -1.85. The highest BCUT2D eigenvalue weighted by Crippen LogP contribution is 2.72. The Morgan fingerprint density at radius 2 is 2.00 bits per heavy atom. The third kappa shape index (κ3) is 1.20. The van der Waals surface area contributed by atoms with Gasteiger partial charge < -0.3 is 0 Å². The number of rotatable bonds is 4. The summed E-state index contributed by atoms with van der Waals surface area (Å²) in [4.78, 5) is 0. The second kappa shape index (κ2) is 2.27. The molecule has 3 saturated carbocycles. The quantitative estimate of drug-likeness (QED) is 0.595. The number of hydrogen-bond donors (Lipinski definition) is 0. The van der Waals surface area contributed by atoms with Crippen LogP contribution < -0.4 is 0 Å². The molecule has 0 amide bonds. The van der Waals surface area contributed by atoms with Crippen molar-refractivity contribution in [1.29, 1.82) is 0 Å². The van der Waals surface area contributed by atoms with Crippen molar-refractivity contribution in [3.8, 4) is 0 Å². The largest absolute Gasteiger partial charge is 0.0622 e. The maximum Gasteiger partial charge on any atom is -0.0266 e. The molecule has 68 valence electrons. The monoisotopic (exact) mass is 164 g/mol. The Morgan fingerprint density at radius 3 is 2.50 bits per heavy atom. The zero-order valence-electron chi connectivity index (χ0n) is 8.18. The van der Waals surface area contributed by atoms with Gasteiger partial charge in [-0.2, -0.15) is 0 Å². The van der Waals surface area contributed by atoms with Crippen LogP contribution in [0.15, 0.2) is 0 Å². The van der Waals surface area contributed by atoms with E-state index in [1.165, 1.54) is 12.3 Å². The van der Waals surface area contributed by atoms with Crippen LogP contribution >= 0.6 is 0 Å². The molecular formula is C12H20. The summed E-state index contributed by atoms with van der Waals surface area (Å²) in [5, 5.41) is 0. The Kier molecular flexibility index (Phi) is 1.40. The molecule has 3 atom stereocenters. The van der Waals surface area contributed by atoms with Crippen LogP contribution in [-0.4, -0.2) is 0 Å². The molecule has 0 aromatic rings. The third-order valence-corrected chi connectivity index (χ3v) is 4.65. The molecule has 3 unspecified atom stereocenters. The van der Waals surface area contributed by atoms with Crippen LogP contribution in [0.1, 0.15) is 51.9 Å². The molecule has 3 aliphatic rings. The maximum atomic E-state index is 2.41. The van der Waals surface area contributed by atoms with Crippen LogP contribution in [0.3, 0.4) is 0 Å². The lowest BCUT2D eigenvalue weighted by molar-refractivity contribution is 0.546. The molecule has 0 heteroatoms. The molecule has 0 aliphatic heterocycles. The molecule has 12 heavy (non-hydrogen) atoms. The molecule has 0 aromatic heterocycles. The summed E-state index contributed by atoms with van der Waals surface area (Å²) < 4.78 is 0. The van der Waals surface area contributed by atoms with Gasteiger partial charge in [-0.3, -0.25) is 0 Å². The molecule has 0 bridgehead atoms. The highest BCUT2D eigenvalue weighted by molar-refractivity contribution is 5.11. The number of hydrogen-bond acceptors (Lipinski definition) is 0.